The molecule has 164 valence electrons. The molecule has 0 amide bonds. The van der Waals surface area contributed by atoms with Crippen LogP contribution in [0.25, 0.3) is 0 Å². The van der Waals surface area contributed by atoms with Crippen molar-refractivity contribution in [3.63, 3.8) is 0 Å². The number of nitrogens with zero attached hydrogens (tertiary/aromatic N) is 3. The zero-order valence-corrected chi connectivity index (χ0v) is 19.3. The molecule has 2 heterocycles. The molecule has 2 unspecified atom stereocenters. The highest BCUT2D eigenvalue weighted by Gasteiger charge is 2.37. The number of nitrogens with one attached hydrogen (secondary N) is 2. The summed E-state index contributed by atoms with van der Waals surface area (Å²) >= 11 is 9.16. The molecule has 1 aromatic rings. The maximum Gasteiger partial charge on any atom is 0.195 e. The lowest BCUT2D eigenvalue weighted by Gasteiger charge is -2.39. The first-order valence-corrected chi connectivity index (χ1v) is 11.2. The summed E-state index contributed by atoms with van der Waals surface area (Å²) in [6.45, 7) is 2.83. The number of hydrogen-bond donors (Lipinski definition) is 3. The van der Waals surface area contributed by atoms with Gasteiger partial charge in [-0.15, -0.1) is 0 Å². The fourth-order valence-electron chi connectivity index (χ4n) is 3.99. The Kier molecular flexibility index (Phi) is 8.35. The molecule has 0 aliphatic carbocycles. The first-order chi connectivity index (χ1) is 14.4. The van der Waals surface area contributed by atoms with Crippen molar-refractivity contribution in [3.05, 3.63) is 34.6 Å². The van der Waals surface area contributed by atoms with E-state index >= 15 is 0 Å². The van der Waals surface area contributed by atoms with Crippen LogP contribution >= 0.6 is 27.5 Å². The van der Waals surface area contributed by atoms with Crippen molar-refractivity contribution >= 4 is 44.3 Å². The van der Waals surface area contributed by atoms with Crippen molar-refractivity contribution in [3.8, 4) is 0 Å². The number of rotatable bonds is 7. The summed E-state index contributed by atoms with van der Waals surface area (Å²) in [5, 5.41) is 11.2. The van der Waals surface area contributed by atoms with Crippen LogP contribution in [0, 0.1) is 23.1 Å². The quantitative estimate of drug-likeness (QED) is 0.394. The highest BCUT2D eigenvalue weighted by molar-refractivity contribution is 9.18. The van der Waals surface area contributed by atoms with Gasteiger partial charge in [0.2, 0.25) is 0 Å². The fraction of sp³-hybridized carbons (Fsp3) is 0.550. The number of quaternary nitrogens is 1. The minimum absolute atomic E-state index is 0.116. The average molecular weight is 503 g/mol. The van der Waals surface area contributed by atoms with Gasteiger partial charge in [-0.3, -0.25) is 5.41 Å². The number of hydrogen-bond acceptors (Lipinski definition) is 6. The van der Waals surface area contributed by atoms with Crippen molar-refractivity contribution in [2.24, 2.45) is 21.8 Å². The Morgan fingerprint density at radius 2 is 2.20 bits per heavy atom. The first kappa shape index (κ1) is 23.3. The summed E-state index contributed by atoms with van der Waals surface area (Å²) in [6.07, 6.45) is 2.81. The predicted molar refractivity (Wildman–Crippen MR) is 121 cm³/mol. The Morgan fingerprint density at radius 1 is 1.47 bits per heavy atom. The van der Waals surface area contributed by atoms with Gasteiger partial charge in [-0.1, -0.05) is 17.7 Å². The Hall–Kier alpha value is -1.39. The van der Waals surface area contributed by atoms with Crippen molar-refractivity contribution in [1.29, 1.82) is 5.41 Å². The Balaban J connectivity index is 1.72. The van der Waals surface area contributed by atoms with Gasteiger partial charge in [0.15, 0.2) is 6.17 Å². The van der Waals surface area contributed by atoms with E-state index in [1.165, 1.54) is 12.4 Å². The highest BCUT2D eigenvalue weighted by atomic mass is 79.9. The second-order valence-corrected chi connectivity index (χ2v) is 8.80. The molecule has 0 radical (unpaired) electrons. The molecule has 1 fully saturated rings. The van der Waals surface area contributed by atoms with Gasteiger partial charge in [0, 0.05) is 19.6 Å². The lowest BCUT2D eigenvalue weighted by atomic mass is 9.86. The van der Waals surface area contributed by atoms with Gasteiger partial charge >= 0.3 is 0 Å². The lowest BCUT2D eigenvalue weighted by molar-refractivity contribution is -0.420. The molecule has 10 heteroatoms. The molecular formula is C20H28BrClFN6O+. The molecular weight excluding hydrogens is 475 g/mol. The largest absolute Gasteiger partial charge is 0.372 e. The average Bonchev–Trinajstić information content (AvgIpc) is 2.73. The van der Waals surface area contributed by atoms with Gasteiger partial charge in [0.1, 0.15) is 23.9 Å². The fourth-order valence-corrected chi connectivity index (χ4v) is 4.62. The van der Waals surface area contributed by atoms with E-state index in [0.717, 1.165) is 43.9 Å². The van der Waals surface area contributed by atoms with Gasteiger partial charge < -0.3 is 20.7 Å². The Bertz CT molecular complexity index is 814. The van der Waals surface area contributed by atoms with Crippen molar-refractivity contribution < 1.29 is 14.9 Å². The third-order valence-corrected chi connectivity index (χ3v) is 6.40. The number of likely N-dealkylation sites (N-methyl/N-ethyl adjacent to an activating group) is 1. The maximum absolute atomic E-state index is 14.1. The lowest BCUT2D eigenvalue weighted by Crippen LogP contribution is -2.68. The summed E-state index contributed by atoms with van der Waals surface area (Å²) in [6, 6.07) is 4.92. The van der Waals surface area contributed by atoms with Gasteiger partial charge in [-0.05, 0) is 59.4 Å². The molecule has 2 aliphatic rings. The molecule has 3 rings (SSSR count). The second-order valence-electron chi connectivity index (χ2n) is 7.54. The smallest absolute Gasteiger partial charge is 0.195 e. The van der Waals surface area contributed by atoms with E-state index in [1.807, 2.05) is 13.1 Å². The topological polar surface area (TPSA) is 101 Å². The zero-order valence-electron chi connectivity index (χ0n) is 17.0. The number of ether oxygens (including phenoxy) is 1. The van der Waals surface area contributed by atoms with Crippen LogP contribution in [0.5, 0.6) is 0 Å². The minimum atomic E-state index is -0.426. The van der Waals surface area contributed by atoms with Crippen LogP contribution < -0.4 is 11.1 Å². The summed E-state index contributed by atoms with van der Waals surface area (Å²) < 4.78 is 20.6. The Morgan fingerprint density at radius 3 is 2.83 bits per heavy atom. The third kappa shape index (κ3) is 5.45. The number of aliphatic imine (C=N–C) groups is 2. The van der Waals surface area contributed by atoms with Gasteiger partial charge in [-0.25, -0.2) is 14.4 Å². The monoisotopic (exact) mass is 501 g/mol. The van der Waals surface area contributed by atoms with E-state index in [-0.39, 0.29) is 29.1 Å². The molecule has 3 atom stereocenters. The van der Waals surface area contributed by atoms with Crippen LogP contribution in [0.4, 0.5) is 4.39 Å². The number of amidine groups is 1. The van der Waals surface area contributed by atoms with Crippen LogP contribution in [-0.2, 0) is 4.74 Å². The molecule has 7 nitrogen and oxygen atoms in total. The van der Waals surface area contributed by atoms with Gasteiger partial charge in [0.05, 0.1) is 22.4 Å². The summed E-state index contributed by atoms with van der Waals surface area (Å²) in [5.41, 5.74) is 4.85. The van der Waals surface area contributed by atoms with Gasteiger partial charge in [-0.2, -0.15) is 0 Å². The van der Waals surface area contributed by atoms with E-state index in [9.17, 15) is 4.39 Å². The SMILES string of the molecule is CNCCO[C@@H](c1ccc(Cl)c(F)c1)C1CCN(C2=NC=NC([NH3+])C2C(=N)Br)CC1. The van der Waals surface area contributed by atoms with Crippen LogP contribution in [0.1, 0.15) is 24.5 Å². The van der Waals surface area contributed by atoms with E-state index in [0.29, 0.717) is 11.2 Å². The molecule has 0 saturated carbocycles. The van der Waals surface area contributed by atoms with Crippen molar-refractivity contribution in [1.82, 2.24) is 10.2 Å². The first-order valence-electron chi connectivity index (χ1n) is 10.0. The van der Waals surface area contributed by atoms with Crippen LogP contribution in [0.15, 0.2) is 28.2 Å². The molecule has 0 spiro atoms. The van der Waals surface area contributed by atoms with Crippen LogP contribution in [-0.4, -0.2) is 61.1 Å². The van der Waals surface area contributed by atoms with Crippen LogP contribution in [0.2, 0.25) is 5.02 Å². The van der Waals surface area contributed by atoms with Gasteiger partial charge in [0.25, 0.3) is 0 Å². The van der Waals surface area contributed by atoms with E-state index in [2.05, 4.69) is 41.9 Å². The molecule has 0 bridgehead atoms. The molecule has 1 aromatic carbocycles. The molecule has 30 heavy (non-hydrogen) atoms. The third-order valence-electron chi connectivity index (χ3n) is 5.60. The molecule has 1 saturated heterocycles. The maximum atomic E-state index is 14.1. The minimum Gasteiger partial charge on any atom is -0.372 e. The summed E-state index contributed by atoms with van der Waals surface area (Å²) in [7, 11) is 1.88. The number of halogens is 3. The second kappa shape index (κ2) is 10.8. The van der Waals surface area contributed by atoms with E-state index in [1.54, 1.807) is 6.07 Å². The number of piperidine rings is 1. The van der Waals surface area contributed by atoms with Crippen molar-refractivity contribution in [2.45, 2.75) is 25.1 Å². The summed E-state index contributed by atoms with van der Waals surface area (Å²) in [5.74, 6) is 0.383. The zero-order chi connectivity index (χ0) is 21.7. The predicted octanol–water partition coefficient (Wildman–Crippen LogP) is 2.46. The normalized spacial score (nSPS) is 23.4. The van der Waals surface area contributed by atoms with Crippen LogP contribution in [0.3, 0.4) is 0 Å². The number of likely N-dealkylation sites (tertiary alicyclic amines) is 1. The highest BCUT2D eigenvalue weighted by Crippen LogP contribution is 2.35. The van der Waals surface area contributed by atoms with Crippen molar-refractivity contribution in [2.75, 3.05) is 33.3 Å². The molecule has 2 aliphatic heterocycles. The number of benzene rings is 1. The standard InChI is InChI=1S/C20H27BrClFN6O/c1-26-6-9-30-17(13-2-3-14(22)15(23)10-13)12-4-7-29(8-5-12)20-16(18(21)24)19(25)27-11-28-20/h2-3,10-12,16-17,19,24,26H,4-9,25H2,1H3/p+1/t16?,17-,19?/m1/s1. The van der Waals surface area contributed by atoms with E-state index in [4.69, 9.17) is 21.7 Å². The summed E-state index contributed by atoms with van der Waals surface area (Å²) in [4.78, 5) is 10.9. The Labute approximate surface area is 189 Å². The molecule has 0 aromatic heterocycles. The van der Waals surface area contributed by atoms with E-state index < -0.39 is 5.82 Å². The molecule has 5 N–H and O–H groups in total.